The van der Waals surface area contributed by atoms with E-state index in [1.807, 2.05) is 13.8 Å². The zero-order valence-electron chi connectivity index (χ0n) is 15.2. The summed E-state index contributed by atoms with van der Waals surface area (Å²) in [4.78, 5) is 24.7. The molecule has 0 N–H and O–H groups in total. The van der Waals surface area contributed by atoms with Crippen molar-refractivity contribution in [1.29, 1.82) is 0 Å². The fourth-order valence-electron chi connectivity index (χ4n) is 2.41. The smallest absolute Gasteiger partial charge is 0.339 e. The van der Waals surface area contributed by atoms with Crippen LogP contribution < -0.4 is 0 Å². The van der Waals surface area contributed by atoms with Crippen molar-refractivity contribution in [3.05, 3.63) is 35.4 Å². The lowest BCUT2D eigenvalue weighted by Crippen LogP contribution is -2.20. The number of rotatable bonds is 11. The molecule has 0 aliphatic rings. The van der Waals surface area contributed by atoms with E-state index in [2.05, 4.69) is 6.92 Å². The summed E-state index contributed by atoms with van der Waals surface area (Å²) in [5, 5.41) is 0. The molecular weight excluding hydrogens is 304 g/mol. The second-order valence-electron chi connectivity index (χ2n) is 5.97. The maximum Gasteiger partial charge on any atom is 0.339 e. The van der Waals surface area contributed by atoms with Gasteiger partial charge in [-0.3, -0.25) is 0 Å². The number of esters is 2. The van der Waals surface area contributed by atoms with Gasteiger partial charge in [0.25, 0.3) is 0 Å². The summed E-state index contributed by atoms with van der Waals surface area (Å²) in [5.74, 6) is -0.906. The SMILES string of the molecule is CCCCCC(CC)OC(=O)c1ccccc1C(=O)OCCCC. The van der Waals surface area contributed by atoms with Crippen molar-refractivity contribution in [3.8, 4) is 0 Å². The van der Waals surface area contributed by atoms with Crippen LogP contribution in [0.25, 0.3) is 0 Å². The Labute approximate surface area is 145 Å². The van der Waals surface area contributed by atoms with Crippen molar-refractivity contribution in [1.82, 2.24) is 0 Å². The van der Waals surface area contributed by atoms with Crippen LogP contribution in [0.5, 0.6) is 0 Å². The molecule has 4 heteroatoms. The quantitative estimate of drug-likeness (QED) is 0.414. The maximum absolute atomic E-state index is 12.5. The van der Waals surface area contributed by atoms with Crippen LogP contribution in [0.15, 0.2) is 24.3 Å². The molecule has 0 aliphatic carbocycles. The van der Waals surface area contributed by atoms with Crippen molar-refractivity contribution in [2.75, 3.05) is 6.61 Å². The zero-order valence-corrected chi connectivity index (χ0v) is 15.2. The summed E-state index contributed by atoms with van der Waals surface area (Å²) < 4.78 is 10.8. The van der Waals surface area contributed by atoms with Gasteiger partial charge in [-0.1, -0.05) is 52.2 Å². The average molecular weight is 334 g/mol. The minimum Gasteiger partial charge on any atom is -0.462 e. The van der Waals surface area contributed by atoms with Crippen molar-refractivity contribution in [3.63, 3.8) is 0 Å². The number of carbonyl (C=O) groups excluding carboxylic acids is 2. The molecule has 1 aromatic rings. The summed E-state index contributed by atoms with van der Waals surface area (Å²) in [6, 6.07) is 6.70. The third-order valence-corrected chi connectivity index (χ3v) is 3.96. The fourth-order valence-corrected chi connectivity index (χ4v) is 2.41. The molecule has 0 spiro atoms. The lowest BCUT2D eigenvalue weighted by Gasteiger charge is -2.17. The van der Waals surface area contributed by atoms with Crippen LogP contribution in [0.2, 0.25) is 0 Å². The highest BCUT2D eigenvalue weighted by Crippen LogP contribution is 2.16. The second kappa shape index (κ2) is 11.7. The summed E-state index contributed by atoms with van der Waals surface area (Å²) in [7, 11) is 0. The van der Waals surface area contributed by atoms with Crippen molar-refractivity contribution >= 4 is 11.9 Å². The van der Waals surface area contributed by atoms with Gasteiger partial charge in [-0.05, 0) is 37.8 Å². The molecule has 0 radical (unpaired) electrons. The summed E-state index contributed by atoms with van der Waals surface area (Å²) in [6.07, 6.45) is 6.61. The Hall–Kier alpha value is -1.84. The van der Waals surface area contributed by atoms with E-state index in [0.29, 0.717) is 6.61 Å². The van der Waals surface area contributed by atoms with Crippen LogP contribution in [0, 0.1) is 0 Å². The Morgan fingerprint density at radius 2 is 1.54 bits per heavy atom. The molecule has 0 saturated heterocycles. The molecule has 134 valence electrons. The first-order chi connectivity index (χ1) is 11.6. The molecule has 0 bridgehead atoms. The number of benzene rings is 1. The van der Waals surface area contributed by atoms with Crippen molar-refractivity contribution in [2.45, 2.75) is 71.8 Å². The van der Waals surface area contributed by atoms with Crippen molar-refractivity contribution < 1.29 is 19.1 Å². The molecule has 1 unspecified atom stereocenters. The van der Waals surface area contributed by atoms with Gasteiger partial charge in [0, 0.05) is 0 Å². The molecule has 0 aliphatic heterocycles. The Morgan fingerprint density at radius 3 is 2.12 bits per heavy atom. The van der Waals surface area contributed by atoms with Gasteiger partial charge in [0.1, 0.15) is 6.10 Å². The molecular formula is C20H30O4. The van der Waals surface area contributed by atoms with E-state index in [-0.39, 0.29) is 17.2 Å². The zero-order chi connectivity index (χ0) is 17.8. The van der Waals surface area contributed by atoms with E-state index >= 15 is 0 Å². The predicted molar refractivity (Wildman–Crippen MR) is 95.3 cm³/mol. The van der Waals surface area contributed by atoms with E-state index in [4.69, 9.17) is 9.47 Å². The molecule has 0 amide bonds. The topological polar surface area (TPSA) is 52.6 Å². The summed E-state index contributed by atoms with van der Waals surface area (Å²) in [6.45, 7) is 6.55. The lowest BCUT2D eigenvalue weighted by molar-refractivity contribution is 0.0258. The minimum atomic E-state index is -0.463. The highest BCUT2D eigenvalue weighted by Gasteiger charge is 2.21. The molecule has 4 nitrogen and oxygen atoms in total. The molecule has 24 heavy (non-hydrogen) atoms. The first kappa shape index (κ1) is 20.2. The molecule has 0 aromatic heterocycles. The molecule has 1 atom stereocenters. The van der Waals surface area contributed by atoms with Crippen LogP contribution >= 0.6 is 0 Å². The molecule has 1 aromatic carbocycles. The van der Waals surface area contributed by atoms with E-state index in [1.165, 1.54) is 0 Å². The van der Waals surface area contributed by atoms with E-state index in [9.17, 15) is 9.59 Å². The molecule has 0 fully saturated rings. The van der Waals surface area contributed by atoms with Crippen LogP contribution in [0.4, 0.5) is 0 Å². The van der Waals surface area contributed by atoms with Gasteiger partial charge in [-0.15, -0.1) is 0 Å². The molecule has 0 saturated carbocycles. The fraction of sp³-hybridized carbons (Fsp3) is 0.600. The number of hydrogen-bond donors (Lipinski definition) is 0. The maximum atomic E-state index is 12.5. The third-order valence-electron chi connectivity index (χ3n) is 3.96. The first-order valence-corrected chi connectivity index (χ1v) is 9.11. The predicted octanol–water partition coefficient (Wildman–Crippen LogP) is 5.16. The van der Waals surface area contributed by atoms with Crippen LogP contribution in [-0.2, 0) is 9.47 Å². The summed E-state index contributed by atoms with van der Waals surface area (Å²) in [5.41, 5.74) is 0.565. The van der Waals surface area contributed by atoms with Crippen LogP contribution in [0.3, 0.4) is 0 Å². The summed E-state index contributed by atoms with van der Waals surface area (Å²) >= 11 is 0. The Morgan fingerprint density at radius 1 is 0.917 bits per heavy atom. The number of unbranched alkanes of at least 4 members (excludes halogenated alkanes) is 3. The van der Waals surface area contributed by atoms with Gasteiger partial charge in [0.05, 0.1) is 17.7 Å². The van der Waals surface area contributed by atoms with Crippen LogP contribution in [0.1, 0.15) is 86.4 Å². The Kier molecular flexibility index (Phi) is 9.81. The van der Waals surface area contributed by atoms with Gasteiger partial charge in [0.15, 0.2) is 0 Å². The Bertz CT molecular complexity index is 510. The number of ether oxygens (including phenoxy) is 2. The largest absolute Gasteiger partial charge is 0.462 e. The van der Waals surface area contributed by atoms with Gasteiger partial charge >= 0.3 is 11.9 Å². The van der Waals surface area contributed by atoms with Gasteiger partial charge in [0.2, 0.25) is 0 Å². The second-order valence-corrected chi connectivity index (χ2v) is 5.97. The van der Waals surface area contributed by atoms with Crippen molar-refractivity contribution in [2.24, 2.45) is 0 Å². The van der Waals surface area contributed by atoms with E-state index < -0.39 is 11.9 Å². The van der Waals surface area contributed by atoms with Gasteiger partial charge < -0.3 is 9.47 Å². The molecule has 0 heterocycles. The Balaban J connectivity index is 2.74. The minimum absolute atomic E-state index is 0.104. The van der Waals surface area contributed by atoms with Crippen LogP contribution in [-0.4, -0.2) is 24.6 Å². The highest BCUT2D eigenvalue weighted by molar-refractivity contribution is 6.03. The molecule has 1 rings (SSSR count). The number of carbonyl (C=O) groups is 2. The van der Waals surface area contributed by atoms with E-state index in [0.717, 1.165) is 44.9 Å². The third kappa shape index (κ3) is 6.73. The monoisotopic (exact) mass is 334 g/mol. The lowest BCUT2D eigenvalue weighted by atomic mass is 10.1. The number of hydrogen-bond acceptors (Lipinski definition) is 4. The first-order valence-electron chi connectivity index (χ1n) is 9.11. The highest BCUT2D eigenvalue weighted by atomic mass is 16.5. The van der Waals surface area contributed by atoms with Gasteiger partial charge in [-0.2, -0.15) is 0 Å². The van der Waals surface area contributed by atoms with Gasteiger partial charge in [-0.25, -0.2) is 9.59 Å². The normalized spacial score (nSPS) is 11.8. The average Bonchev–Trinajstić information content (AvgIpc) is 2.61. The van der Waals surface area contributed by atoms with E-state index in [1.54, 1.807) is 24.3 Å². The standard InChI is InChI=1S/C20H30O4/c1-4-7-9-12-16(6-3)24-20(22)18-14-11-10-13-17(18)19(21)23-15-8-5-2/h10-11,13-14,16H,4-9,12,15H2,1-3H3.